The number of nitrogens with zero attached hydrogens (tertiary/aromatic N) is 2. The lowest BCUT2D eigenvalue weighted by atomic mass is 10.2. The summed E-state index contributed by atoms with van der Waals surface area (Å²) in [5, 5.41) is 8.93. The molecule has 0 atom stereocenters. The van der Waals surface area contributed by atoms with Gasteiger partial charge in [-0.25, -0.2) is 4.68 Å². The molecule has 0 saturated heterocycles. The molecule has 2 heterocycles. The largest absolute Gasteiger partial charge is 0.463 e. The highest BCUT2D eigenvalue weighted by Crippen LogP contribution is 2.10. The first-order chi connectivity index (χ1) is 10.3. The minimum Gasteiger partial charge on any atom is -0.463 e. The highest BCUT2D eigenvalue weighted by Gasteiger charge is 2.07. The molecule has 0 fully saturated rings. The lowest BCUT2D eigenvalue weighted by Gasteiger charge is -2.04. The van der Waals surface area contributed by atoms with Crippen molar-refractivity contribution in [2.75, 3.05) is 6.54 Å². The van der Waals surface area contributed by atoms with Crippen molar-refractivity contribution in [2.45, 2.75) is 20.0 Å². The van der Waals surface area contributed by atoms with Gasteiger partial charge in [0.15, 0.2) is 0 Å². The summed E-state index contributed by atoms with van der Waals surface area (Å²) in [6, 6.07) is 11.3. The fraction of sp³-hybridized carbons (Fsp3) is 0.250. The van der Waals surface area contributed by atoms with Crippen LogP contribution in [-0.4, -0.2) is 16.3 Å². The van der Waals surface area contributed by atoms with Crippen LogP contribution in [0.3, 0.4) is 0 Å². The van der Waals surface area contributed by atoms with Crippen LogP contribution in [0, 0.1) is 0 Å². The maximum Gasteiger partial charge on any atom is 0.275 e. The van der Waals surface area contributed by atoms with Crippen LogP contribution in [0.1, 0.15) is 18.4 Å². The second-order valence-electron chi connectivity index (χ2n) is 4.84. The number of hydrogen-bond donors (Lipinski definition) is 1. The van der Waals surface area contributed by atoms with Gasteiger partial charge in [-0.1, -0.05) is 25.1 Å². The Balaban J connectivity index is 1.86. The molecule has 3 rings (SSSR count). The molecule has 0 aliphatic carbocycles. The number of nitrogens with one attached hydrogen (secondary N) is 1. The van der Waals surface area contributed by atoms with Crippen LogP contribution in [0.2, 0.25) is 0 Å². The molecule has 1 N–H and O–H groups in total. The third-order valence-corrected chi connectivity index (χ3v) is 3.33. The summed E-state index contributed by atoms with van der Waals surface area (Å²) < 4.78 is 7.12. The van der Waals surface area contributed by atoms with Crippen molar-refractivity contribution >= 4 is 10.8 Å². The van der Waals surface area contributed by atoms with E-state index in [1.165, 1.54) is 4.68 Å². The summed E-state index contributed by atoms with van der Waals surface area (Å²) in [6.45, 7) is 3.97. The van der Waals surface area contributed by atoms with Crippen LogP contribution in [-0.2, 0) is 13.1 Å². The fourth-order valence-electron chi connectivity index (χ4n) is 2.24. The first-order valence-electron chi connectivity index (χ1n) is 7.01. The fourth-order valence-corrected chi connectivity index (χ4v) is 2.24. The monoisotopic (exact) mass is 283 g/mol. The summed E-state index contributed by atoms with van der Waals surface area (Å²) in [6.07, 6.45) is 1.71. The standard InChI is InChI=1S/C16H17N3O2/c1-2-17-10-13-7-8-14(21-13)11-19-16(20)15-6-4-3-5-12(15)9-18-19/h3-9,17H,2,10-11H2,1H3. The van der Waals surface area contributed by atoms with Gasteiger partial charge in [0.25, 0.3) is 5.56 Å². The van der Waals surface area contributed by atoms with Crippen LogP contribution >= 0.6 is 0 Å². The van der Waals surface area contributed by atoms with Crippen LogP contribution in [0.5, 0.6) is 0 Å². The molecule has 0 bridgehead atoms. The number of rotatable bonds is 5. The van der Waals surface area contributed by atoms with Gasteiger partial charge in [-0.3, -0.25) is 4.79 Å². The van der Waals surface area contributed by atoms with Gasteiger partial charge in [0.05, 0.1) is 18.1 Å². The molecule has 0 amide bonds. The van der Waals surface area contributed by atoms with Crippen molar-refractivity contribution in [3.05, 3.63) is 64.5 Å². The van der Waals surface area contributed by atoms with E-state index in [1.54, 1.807) is 6.20 Å². The maximum absolute atomic E-state index is 12.4. The smallest absolute Gasteiger partial charge is 0.275 e. The molecule has 2 aromatic heterocycles. The van der Waals surface area contributed by atoms with E-state index in [0.29, 0.717) is 18.5 Å². The highest BCUT2D eigenvalue weighted by atomic mass is 16.3. The predicted molar refractivity (Wildman–Crippen MR) is 81.2 cm³/mol. The molecule has 0 spiro atoms. The average molecular weight is 283 g/mol. The summed E-state index contributed by atoms with van der Waals surface area (Å²) >= 11 is 0. The van der Waals surface area contributed by atoms with E-state index in [9.17, 15) is 4.79 Å². The maximum atomic E-state index is 12.4. The second kappa shape index (κ2) is 5.93. The van der Waals surface area contributed by atoms with Gasteiger partial charge < -0.3 is 9.73 Å². The Morgan fingerprint density at radius 2 is 2.00 bits per heavy atom. The van der Waals surface area contributed by atoms with E-state index in [-0.39, 0.29) is 5.56 Å². The summed E-state index contributed by atoms with van der Waals surface area (Å²) in [4.78, 5) is 12.4. The van der Waals surface area contributed by atoms with Crippen molar-refractivity contribution in [1.29, 1.82) is 0 Å². The van der Waals surface area contributed by atoms with Gasteiger partial charge in [-0.15, -0.1) is 0 Å². The molecule has 21 heavy (non-hydrogen) atoms. The zero-order chi connectivity index (χ0) is 14.7. The van der Waals surface area contributed by atoms with Crippen molar-refractivity contribution in [3.8, 4) is 0 Å². The molecule has 0 radical (unpaired) electrons. The molecule has 0 unspecified atom stereocenters. The molecule has 5 heteroatoms. The van der Waals surface area contributed by atoms with Crippen LogP contribution < -0.4 is 10.9 Å². The second-order valence-corrected chi connectivity index (χ2v) is 4.84. The van der Waals surface area contributed by atoms with Crippen molar-refractivity contribution in [1.82, 2.24) is 15.1 Å². The van der Waals surface area contributed by atoms with Gasteiger partial charge in [0, 0.05) is 5.39 Å². The van der Waals surface area contributed by atoms with Crippen molar-refractivity contribution in [2.24, 2.45) is 0 Å². The molecule has 108 valence electrons. The lowest BCUT2D eigenvalue weighted by Crippen LogP contribution is -2.23. The van der Waals surface area contributed by atoms with E-state index >= 15 is 0 Å². The molecular formula is C16H17N3O2. The van der Waals surface area contributed by atoms with Gasteiger partial charge in [0.1, 0.15) is 18.1 Å². The third-order valence-electron chi connectivity index (χ3n) is 3.33. The molecule has 3 aromatic rings. The van der Waals surface area contributed by atoms with E-state index < -0.39 is 0 Å². The van der Waals surface area contributed by atoms with Gasteiger partial charge in [0.2, 0.25) is 0 Å². The number of benzene rings is 1. The molecular weight excluding hydrogens is 266 g/mol. The zero-order valence-electron chi connectivity index (χ0n) is 11.9. The van der Waals surface area contributed by atoms with Gasteiger partial charge in [-0.05, 0) is 24.7 Å². The molecule has 0 aliphatic heterocycles. The van der Waals surface area contributed by atoms with Crippen molar-refractivity contribution in [3.63, 3.8) is 0 Å². The number of hydrogen-bond acceptors (Lipinski definition) is 4. The van der Waals surface area contributed by atoms with Crippen LogP contribution in [0.15, 0.2) is 51.8 Å². The number of aromatic nitrogens is 2. The lowest BCUT2D eigenvalue weighted by molar-refractivity contribution is 0.428. The summed E-state index contributed by atoms with van der Waals surface area (Å²) in [5.74, 6) is 1.59. The molecule has 5 nitrogen and oxygen atoms in total. The first-order valence-corrected chi connectivity index (χ1v) is 7.01. The van der Waals surface area contributed by atoms with Crippen LogP contribution in [0.4, 0.5) is 0 Å². The third kappa shape index (κ3) is 2.87. The van der Waals surface area contributed by atoms with E-state index in [0.717, 1.165) is 23.5 Å². The Labute approximate surface area is 122 Å². The topological polar surface area (TPSA) is 60.1 Å². The Kier molecular flexibility index (Phi) is 3.83. The molecule has 0 saturated carbocycles. The van der Waals surface area contributed by atoms with E-state index in [2.05, 4.69) is 10.4 Å². The first kappa shape index (κ1) is 13.6. The molecule has 0 aliphatic rings. The Morgan fingerprint density at radius 3 is 2.86 bits per heavy atom. The van der Waals surface area contributed by atoms with E-state index in [4.69, 9.17) is 4.42 Å². The molecule has 1 aromatic carbocycles. The normalized spacial score (nSPS) is 11.1. The van der Waals surface area contributed by atoms with E-state index in [1.807, 2.05) is 43.3 Å². The minimum absolute atomic E-state index is 0.0993. The summed E-state index contributed by atoms with van der Waals surface area (Å²) in [7, 11) is 0. The average Bonchev–Trinajstić information content (AvgIpc) is 2.96. The van der Waals surface area contributed by atoms with Gasteiger partial charge in [-0.2, -0.15) is 5.10 Å². The van der Waals surface area contributed by atoms with Crippen LogP contribution in [0.25, 0.3) is 10.8 Å². The van der Waals surface area contributed by atoms with Crippen molar-refractivity contribution < 1.29 is 4.42 Å². The quantitative estimate of drug-likeness (QED) is 0.779. The SMILES string of the molecule is CCNCc1ccc(Cn2ncc3ccccc3c2=O)o1. The Morgan fingerprint density at radius 1 is 1.19 bits per heavy atom. The Bertz CT molecular complexity index is 804. The predicted octanol–water partition coefficient (Wildman–Crippen LogP) is 2.15. The Hall–Kier alpha value is -2.40. The number of fused-ring (bicyclic) bond motifs is 1. The summed E-state index contributed by atoms with van der Waals surface area (Å²) in [5.41, 5.74) is -0.0993. The van der Waals surface area contributed by atoms with Gasteiger partial charge >= 0.3 is 0 Å². The zero-order valence-corrected chi connectivity index (χ0v) is 11.9. The highest BCUT2D eigenvalue weighted by molar-refractivity contribution is 5.80. The number of furan rings is 1. The minimum atomic E-state index is -0.0993.